The number of aliphatic hydroxyl groups is 1. The minimum atomic E-state index is -0.462. The van der Waals surface area contributed by atoms with E-state index < -0.39 is 6.10 Å². The molecule has 1 aromatic rings. The Kier molecular flexibility index (Phi) is 5.44. The Morgan fingerprint density at radius 3 is 2.50 bits per heavy atom. The number of piperidine rings is 1. The molecule has 0 aliphatic carbocycles. The molecule has 1 saturated heterocycles. The van der Waals surface area contributed by atoms with Crippen LogP contribution in [0.3, 0.4) is 0 Å². The van der Waals surface area contributed by atoms with Crippen LogP contribution in [0.5, 0.6) is 0 Å². The summed E-state index contributed by atoms with van der Waals surface area (Å²) in [6.45, 7) is 3.54. The van der Waals surface area contributed by atoms with Crippen LogP contribution in [0, 0.1) is 5.92 Å². The molecule has 0 spiro atoms. The second kappa shape index (κ2) is 7.09. The van der Waals surface area contributed by atoms with Crippen molar-refractivity contribution in [3.05, 3.63) is 34.9 Å². The Bertz CT molecular complexity index is 438. The fourth-order valence-electron chi connectivity index (χ4n) is 2.77. The molecule has 0 saturated carbocycles. The molecular weight excluding hydrogens is 274 g/mol. The van der Waals surface area contributed by atoms with E-state index in [0.29, 0.717) is 11.4 Å². The van der Waals surface area contributed by atoms with E-state index in [0.717, 1.165) is 37.9 Å². The van der Waals surface area contributed by atoms with Crippen molar-refractivity contribution in [1.82, 2.24) is 4.90 Å². The molecule has 1 aliphatic heterocycles. The lowest BCUT2D eigenvalue weighted by atomic mass is 9.87. The molecule has 1 amide bonds. The maximum atomic E-state index is 11.8. The van der Waals surface area contributed by atoms with Gasteiger partial charge in [-0.15, -0.1) is 0 Å². The molecule has 1 atom stereocenters. The fraction of sp³-hybridized carbons (Fsp3) is 0.562. The van der Waals surface area contributed by atoms with Gasteiger partial charge in [0.05, 0.1) is 6.10 Å². The number of benzene rings is 1. The van der Waals surface area contributed by atoms with Crippen molar-refractivity contribution in [1.29, 1.82) is 0 Å². The van der Waals surface area contributed by atoms with Crippen LogP contribution in [-0.2, 0) is 4.79 Å². The van der Waals surface area contributed by atoms with Gasteiger partial charge >= 0.3 is 0 Å². The normalized spacial score (nSPS) is 18.1. The minimum Gasteiger partial charge on any atom is -0.388 e. The smallest absolute Gasteiger partial charge is 0.222 e. The second-order valence-electron chi connectivity index (χ2n) is 5.46. The van der Waals surface area contributed by atoms with Crippen LogP contribution in [0.2, 0.25) is 5.02 Å². The van der Waals surface area contributed by atoms with Gasteiger partial charge in [0.2, 0.25) is 5.91 Å². The predicted molar refractivity (Wildman–Crippen MR) is 80.6 cm³/mol. The van der Waals surface area contributed by atoms with Crippen LogP contribution in [0.1, 0.15) is 44.3 Å². The Morgan fingerprint density at radius 1 is 1.35 bits per heavy atom. The number of hydrogen-bond donors (Lipinski definition) is 1. The van der Waals surface area contributed by atoms with E-state index in [-0.39, 0.29) is 11.8 Å². The summed E-state index contributed by atoms with van der Waals surface area (Å²) in [5.74, 6) is 0.466. The summed E-state index contributed by atoms with van der Waals surface area (Å²) < 4.78 is 0. The van der Waals surface area contributed by atoms with Gasteiger partial charge in [-0.1, -0.05) is 30.7 Å². The van der Waals surface area contributed by atoms with Gasteiger partial charge in [0.1, 0.15) is 0 Å². The van der Waals surface area contributed by atoms with Crippen molar-refractivity contribution in [2.75, 3.05) is 13.1 Å². The summed E-state index contributed by atoms with van der Waals surface area (Å²) in [6.07, 6.45) is 2.78. The lowest BCUT2D eigenvalue weighted by Crippen LogP contribution is -2.39. The van der Waals surface area contributed by atoms with Crippen LogP contribution in [0.15, 0.2) is 24.3 Å². The van der Waals surface area contributed by atoms with Crippen molar-refractivity contribution in [2.45, 2.75) is 38.7 Å². The van der Waals surface area contributed by atoms with Crippen LogP contribution < -0.4 is 0 Å². The predicted octanol–water partition coefficient (Wildman–Crippen LogP) is 3.41. The minimum absolute atomic E-state index is 0.224. The fourth-order valence-corrected chi connectivity index (χ4v) is 2.89. The third-order valence-electron chi connectivity index (χ3n) is 4.01. The van der Waals surface area contributed by atoms with Crippen LogP contribution >= 0.6 is 11.6 Å². The van der Waals surface area contributed by atoms with Crippen LogP contribution in [0.4, 0.5) is 0 Å². The molecule has 20 heavy (non-hydrogen) atoms. The number of aliphatic hydroxyl groups excluding tert-OH is 1. The first-order valence-electron chi connectivity index (χ1n) is 7.33. The molecule has 1 heterocycles. The standard InChI is InChI=1S/C16H22ClNO2/c1-2-3-15(19)18-10-8-13(9-11-18)16(20)12-4-6-14(17)7-5-12/h4-7,13,16,20H,2-3,8-11H2,1H3. The Labute approximate surface area is 125 Å². The first kappa shape index (κ1) is 15.3. The van der Waals surface area contributed by atoms with E-state index in [2.05, 4.69) is 0 Å². The number of carbonyl (C=O) groups excluding carboxylic acids is 1. The van der Waals surface area contributed by atoms with E-state index in [1.165, 1.54) is 0 Å². The highest BCUT2D eigenvalue weighted by atomic mass is 35.5. The topological polar surface area (TPSA) is 40.5 Å². The second-order valence-corrected chi connectivity index (χ2v) is 5.90. The van der Waals surface area contributed by atoms with Gasteiger partial charge < -0.3 is 10.0 Å². The summed E-state index contributed by atoms with van der Waals surface area (Å²) >= 11 is 5.86. The number of halogens is 1. The highest BCUT2D eigenvalue weighted by Crippen LogP contribution is 2.31. The molecule has 110 valence electrons. The summed E-state index contributed by atoms with van der Waals surface area (Å²) in [6, 6.07) is 7.36. The Hall–Kier alpha value is -1.06. The third kappa shape index (κ3) is 3.74. The van der Waals surface area contributed by atoms with Crippen molar-refractivity contribution >= 4 is 17.5 Å². The Morgan fingerprint density at radius 2 is 1.95 bits per heavy atom. The van der Waals surface area contributed by atoms with Gasteiger partial charge in [0.15, 0.2) is 0 Å². The molecule has 1 aliphatic rings. The zero-order valence-corrected chi connectivity index (χ0v) is 12.6. The highest BCUT2D eigenvalue weighted by Gasteiger charge is 2.27. The van der Waals surface area contributed by atoms with E-state index in [1.807, 2.05) is 24.0 Å². The lowest BCUT2D eigenvalue weighted by molar-refractivity contribution is -0.133. The molecule has 4 heteroatoms. The van der Waals surface area contributed by atoms with Crippen LogP contribution in [-0.4, -0.2) is 29.0 Å². The van der Waals surface area contributed by atoms with E-state index in [9.17, 15) is 9.90 Å². The van der Waals surface area contributed by atoms with Gasteiger partial charge in [-0.2, -0.15) is 0 Å². The number of carbonyl (C=O) groups is 1. The molecule has 0 bridgehead atoms. The summed E-state index contributed by atoms with van der Waals surface area (Å²) in [5, 5.41) is 11.1. The zero-order valence-electron chi connectivity index (χ0n) is 11.9. The van der Waals surface area contributed by atoms with E-state index in [1.54, 1.807) is 12.1 Å². The van der Waals surface area contributed by atoms with Crippen molar-refractivity contribution in [3.8, 4) is 0 Å². The van der Waals surface area contributed by atoms with Gasteiger partial charge in [0.25, 0.3) is 0 Å². The molecule has 1 N–H and O–H groups in total. The quantitative estimate of drug-likeness (QED) is 0.925. The molecule has 1 aromatic carbocycles. The number of amides is 1. The zero-order chi connectivity index (χ0) is 14.5. The SMILES string of the molecule is CCCC(=O)N1CCC(C(O)c2ccc(Cl)cc2)CC1. The average Bonchev–Trinajstić information content (AvgIpc) is 2.48. The molecule has 0 aromatic heterocycles. The number of hydrogen-bond acceptors (Lipinski definition) is 2. The van der Waals surface area contributed by atoms with Gasteiger partial charge in [0, 0.05) is 24.5 Å². The van der Waals surface area contributed by atoms with Crippen molar-refractivity contribution < 1.29 is 9.90 Å². The molecule has 2 rings (SSSR count). The number of nitrogens with zero attached hydrogens (tertiary/aromatic N) is 1. The first-order valence-corrected chi connectivity index (χ1v) is 7.71. The van der Waals surface area contributed by atoms with Gasteiger partial charge in [-0.3, -0.25) is 4.79 Å². The first-order chi connectivity index (χ1) is 9.61. The molecule has 1 fully saturated rings. The molecule has 3 nitrogen and oxygen atoms in total. The van der Waals surface area contributed by atoms with Crippen molar-refractivity contribution in [2.24, 2.45) is 5.92 Å². The molecule has 1 unspecified atom stereocenters. The molecular formula is C16H22ClNO2. The summed E-state index contributed by atoms with van der Waals surface area (Å²) in [7, 11) is 0. The molecule has 0 radical (unpaired) electrons. The lowest BCUT2D eigenvalue weighted by Gasteiger charge is -2.34. The monoisotopic (exact) mass is 295 g/mol. The third-order valence-corrected chi connectivity index (χ3v) is 4.27. The van der Waals surface area contributed by atoms with Crippen molar-refractivity contribution in [3.63, 3.8) is 0 Å². The maximum Gasteiger partial charge on any atom is 0.222 e. The highest BCUT2D eigenvalue weighted by molar-refractivity contribution is 6.30. The average molecular weight is 296 g/mol. The van der Waals surface area contributed by atoms with E-state index >= 15 is 0 Å². The van der Waals surface area contributed by atoms with E-state index in [4.69, 9.17) is 11.6 Å². The summed E-state index contributed by atoms with van der Waals surface area (Å²) in [5.41, 5.74) is 0.910. The largest absolute Gasteiger partial charge is 0.388 e. The number of rotatable bonds is 4. The maximum absolute atomic E-state index is 11.8. The van der Waals surface area contributed by atoms with Crippen LogP contribution in [0.25, 0.3) is 0 Å². The van der Waals surface area contributed by atoms with Gasteiger partial charge in [-0.25, -0.2) is 0 Å². The number of likely N-dealkylation sites (tertiary alicyclic amines) is 1. The Balaban J connectivity index is 1.90. The summed E-state index contributed by atoms with van der Waals surface area (Å²) in [4.78, 5) is 13.8. The van der Waals surface area contributed by atoms with Gasteiger partial charge in [-0.05, 0) is 42.9 Å².